The molecule has 0 aromatic heterocycles. The first-order valence-corrected chi connectivity index (χ1v) is 7.07. The number of hydrogen-bond donors (Lipinski definition) is 0. The highest BCUT2D eigenvalue weighted by Crippen LogP contribution is 2.32. The van der Waals surface area contributed by atoms with Gasteiger partial charge in [-0.05, 0) is 43.5 Å². The molecule has 0 aliphatic carbocycles. The van der Waals surface area contributed by atoms with Gasteiger partial charge in [-0.1, -0.05) is 18.2 Å². The van der Waals surface area contributed by atoms with E-state index in [1.165, 1.54) is 12.1 Å². The van der Waals surface area contributed by atoms with E-state index < -0.39 is 23.3 Å². The minimum atomic E-state index is -5.06. The first-order chi connectivity index (χ1) is 10.3. The van der Waals surface area contributed by atoms with Gasteiger partial charge in [0.15, 0.2) is 0 Å². The fourth-order valence-electron chi connectivity index (χ4n) is 2.80. The van der Waals surface area contributed by atoms with Gasteiger partial charge in [-0.15, -0.1) is 6.58 Å². The molecular weight excluding hydrogens is 298 g/mol. The van der Waals surface area contributed by atoms with Crippen molar-refractivity contribution in [2.45, 2.75) is 24.9 Å². The molecule has 6 heteroatoms. The predicted molar refractivity (Wildman–Crippen MR) is 75.4 cm³/mol. The van der Waals surface area contributed by atoms with Gasteiger partial charge in [0.2, 0.25) is 0 Å². The van der Waals surface area contributed by atoms with Gasteiger partial charge in [-0.25, -0.2) is 4.39 Å². The molecule has 1 heterocycles. The molecule has 2 rings (SSSR count). The van der Waals surface area contributed by atoms with Crippen LogP contribution in [0.25, 0.3) is 0 Å². The van der Waals surface area contributed by atoms with Gasteiger partial charge in [0.25, 0.3) is 5.78 Å². The number of ketones is 1. The van der Waals surface area contributed by atoms with Crippen molar-refractivity contribution in [2.75, 3.05) is 19.6 Å². The maximum absolute atomic E-state index is 14.3. The molecule has 0 saturated carbocycles. The van der Waals surface area contributed by atoms with Crippen LogP contribution in [0.2, 0.25) is 0 Å². The van der Waals surface area contributed by atoms with Gasteiger partial charge < -0.3 is 0 Å². The summed E-state index contributed by atoms with van der Waals surface area (Å²) in [5.41, 5.74) is -0.688. The summed E-state index contributed by atoms with van der Waals surface area (Å²) in [5.74, 6) is -3.33. The average Bonchev–Trinajstić information content (AvgIpc) is 2.47. The van der Waals surface area contributed by atoms with Gasteiger partial charge in [0.05, 0.1) is 5.56 Å². The average molecular weight is 315 g/mol. The maximum atomic E-state index is 14.3. The number of likely N-dealkylation sites (tertiary alicyclic amines) is 1. The Morgan fingerprint density at radius 3 is 2.50 bits per heavy atom. The number of hydrogen-bond acceptors (Lipinski definition) is 2. The van der Waals surface area contributed by atoms with Crippen LogP contribution in [0.1, 0.15) is 34.7 Å². The standard InChI is InChI=1S/C16H17F4NO/c1-2-8-21-9-6-11(7-10-21)12-4-3-5-13(14(12)17)15(22)16(18,19)20/h2-5,11H,1,6-10H2. The molecule has 0 unspecified atom stereocenters. The molecule has 0 atom stereocenters. The van der Waals surface area contributed by atoms with Gasteiger partial charge in [0, 0.05) is 6.54 Å². The predicted octanol–water partition coefficient (Wildman–Crippen LogP) is 3.94. The Morgan fingerprint density at radius 1 is 1.32 bits per heavy atom. The van der Waals surface area contributed by atoms with Crippen molar-refractivity contribution in [3.63, 3.8) is 0 Å². The normalized spacial score (nSPS) is 17.5. The molecule has 1 aliphatic heterocycles. The van der Waals surface area contributed by atoms with Crippen LogP contribution in [0.4, 0.5) is 17.6 Å². The van der Waals surface area contributed by atoms with Crippen LogP contribution < -0.4 is 0 Å². The summed E-state index contributed by atoms with van der Waals surface area (Å²) in [6.07, 6.45) is -1.99. The molecular formula is C16H17F4NO. The molecule has 0 radical (unpaired) electrons. The van der Waals surface area contributed by atoms with Crippen LogP contribution in [0.15, 0.2) is 30.9 Å². The third-order valence-electron chi connectivity index (χ3n) is 3.95. The molecule has 1 saturated heterocycles. The lowest BCUT2D eigenvalue weighted by molar-refractivity contribution is -0.0887. The minimum absolute atomic E-state index is 0.165. The van der Waals surface area contributed by atoms with Crippen molar-refractivity contribution < 1.29 is 22.4 Å². The largest absolute Gasteiger partial charge is 0.454 e. The number of benzene rings is 1. The summed E-state index contributed by atoms with van der Waals surface area (Å²) < 4.78 is 51.8. The van der Waals surface area contributed by atoms with Gasteiger partial charge in [-0.3, -0.25) is 9.69 Å². The fraction of sp³-hybridized carbons (Fsp3) is 0.438. The van der Waals surface area contributed by atoms with Crippen molar-refractivity contribution in [3.8, 4) is 0 Å². The van der Waals surface area contributed by atoms with E-state index in [1.54, 1.807) is 6.08 Å². The van der Waals surface area contributed by atoms with Gasteiger partial charge in [-0.2, -0.15) is 13.2 Å². The summed E-state index contributed by atoms with van der Waals surface area (Å²) in [6, 6.07) is 3.67. The second-order valence-corrected chi connectivity index (χ2v) is 5.40. The van der Waals surface area contributed by atoms with E-state index in [9.17, 15) is 22.4 Å². The van der Waals surface area contributed by atoms with Crippen LogP contribution in [-0.4, -0.2) is 36.5 Å². The van der Waals surface area contributed by atoms with Crippen LogP contribution in [0.3, 0.4) is 0 Å². The number of carbonyl (C=O) groups excluding carboxylic acids is 1. The van der Waals surface area contributed by atoms with Crippen LogP contribution >= 0.6 is 0 Å². The molecule has 120 valence electrons. The van der Waals surface area contributed by atoms with E-state index in [4.69, 9.17) is 0 Å². The number of nitrogens with zero attached hydrogens (tertiary/aromatic N) is 1. The highest BCUT2D eigenvalue weighted by atomic mass is 19.4. The Hall–Kier alpha value is -1.69. The van der Waals surface area contributed by atoms with E-state index in [0.29, 0.717) is 12.8 Å². The Kier molecular flexibility index (Phi) is 5.01. The molecule has 22 heavy (non-hydrogen) atoms. The summed E-state index contributed by atoms with van der Waals surface area (Å²) in [6.45, 7) is 5.85. The van der Waals surface area contributed by atoms with E-state index in [1.807, 2.05) is 0 Å². The van der Waals surface area contributed by atoms with Gasteiger partial charge >= 0.3 is 6.18 Å². The van der Waals surface area contributed by atoms with Crippen molar-refractivity contribution in [1.82, 2.24) is 4.90 Å². The summed E-state index contributed by atoms with van der Waals surface area (Å²) in [4.78, 5) is 13.4. The highest BCUT2D eigenvalue weighted by molar-refractivity contribution is 6.00. The molecule has 1 aliphatic rings. The summed E-state index contributed by atoms with van der Waals surface area (Å²) >= 11 is 0. The lowest BCUT2D eigenvalue weighted by Crippen LogP contribution is -2.33. The first kappa shape index (κ1) is 16.7. The molecule has 1 fully saturated rings. The maximum Gasteiger partial charge on any atom is 0.454 e. The molecule has 1 aromatic rings. The molecule has 0 amide bonds. The van der Waals surface area contributed by atoms with E-state index in [-0.39, 0.29) is 11.5 Å². The second-order valence-electron chi connectivity index (χ2n) is 5.40. The number of halogens is 4. The van der Waals surface area contributed by atoms with E-state index >= 15 is 0 Å². The summed E-state index contributed by atoms with van der Waals surface area (Å²) in [7, 11) is 0. The van der Waals surface area contributed by atoms with E-state index in [0.717, 1.165) is 25.7 Å². The lowest BCUT2D eigenvalue weighted by Gasteiger charge is -2.31. The smallest absolute Gasteiger partial charge is 0.300 e. The monoisotopic (exact) mass is 315 g/mol. The Balaban J connectivity index is 2.20. The van der Waals surface area contributed by atoms with Crippen molar-refractivity contribution in [1.29, 1.82) is 0 Å². The van der Waals surface area contributed by atoms with Crippen molar-refractivity contribution in [2.24, 2.45) is 0 Å². The first-order valence-electron chi connectivity index (χ1n) is 7.07. The van der Waals surface area contributed by atoms with Gasteiger partial charge in [0.1, 0.15) is 5.82 Å². The molecule has 0 spiro atoms. The molecule has 0 bridgehead atoms. The third kappa shape index (κ3) is 3.55. The fourth-order valence-corrected chi connectivity index (χ4v) is 2.80. The molecule has 1 aromatic carbocycles. The van der Waals surface area contributed by atoms with Crippen LogP contribution in [-0.2, 0) is 0 Å². The van der Waals surface area contributed by atoms with Crippen molar-refractivity contribution in [3.05, 3.63) is 47.8 Å². The lowest BCUT2D eigenvalue weighted by atomic mass is 9.87. The minimum Gasteiger partial charge on any atom is -0.300 e. The van der Waals surface area contributed by atoms with Crippen LogP contribution in [0.5, 0.6) is 0 Å². The van der Waals surface area contributed by atoms with Crippen LogP contribution in [0, 0.1) is 5.82 Å². The van der Waals surface area contributed by atoms with Crippen molar-refractivity contribution >= 4 is 5.78 Å². The van der Waals surface area contributed by atoms with E-state index in [2.05, 4.69) is 11.5 Å². The zero-order valence-corrected chi connectivity index (χ0v) is 12.0. The Bertz CT molecular complexity index is 560. The zero-order chi connectivity index (χ0) is 16.3. The number of piperidine rings is 1. The number of Topliss-reactive ketones (excluding diaryl/α,β-unsaturated/α-hetero) is 1. The third-order valence-corrected chi connectivity index (χ3v) is 3.95. The second kappa shape index (κ2) is 6.60. The topological polar surface area (TPSA) is 20.3 Å². The zero-order valence-electron chi connectivity index (χ0n) is 12.0. The molecule has 0 N–H and O–H groups in total. The Morgan fingerprint density at radius 2 is 1.95 bits per heavy atom. The molecule has 2 nitrogen and oxygen atoms in total. The quantitative estimate of drug-likeness (QED) is 0.476. The number of rotatable bonds is 4. The summed E-state index contributed by atoms with van der Waals surface area (Å²) in [5, 5.41) is 0. The highest BCUT2D eigenvalue weighted by Gasteiger charge is 2.41. The number of alkyl halides is 3. The SMILES string of the molecule is C=CCN1CCC(c2cccc(C(=O)C(F)(F)F)c2F)CC1. The number of carbonyl (C=O) groups is 1. The Labute approximate surface area is 126 Å².